The molecule has 1 aromatic carbocycles. The highest BCUT2D eigenvalue weighted by Gasteiger charge is 1.97. The first-order valence-corrected chi connectivity index (χ1v) is 5.20. The van der Waals surface area contributed by atoms with E-state index in [2.05, 4.69) is 0 Å². The van der Waals surface area contributed by atoms with Crippen LogP contribution in [0.25, 0.3) is 6.08 Å². The highest BCUT2D eigenvalue weighted by Crippen LogP contribution is 2.02. The predicted molar refractivity (Wildman–Crippen MR) is 61.3 cm³/mol. The van der Waals surface area contributed by atoms with Crippen LogP contribution in [0.3, 0.4) is 0 Å². The third-order valence-corrected chi connectivity index (χ3v) is 1.86. The standard InChI is InChI=1S/C13H16O2/c1-2-11-15-13(14)10-6-9-12-7-4-3-5-8-12/h3-9H,2,10-11H2,1H3/b9-6+. The summed E-state index contributed by atoms with van der Waals surface area (Å²) in [7, 11) is 0. The lowest BCUT2D eigenvalue weighted by Gasteiger charge is -1.99. The largest absolute Gasteiger partial charge is 0.465 e. The third-order valence-electron chi connectivity index (χ3n) is 1.86. The zero-order valence-electron chi connectivity index (χ0n) is 8.98. The lowest BCUT2D eigenvalue weighted by molar-refractivity contribution is -0.142. The lowest BCUT2D eigenvalue weighted by atomic mass is 10.2. The fraction of sp³-hybridized carbons (Fsp3) is 0.308. The Kier molecular flexibility index (Phi) is 5.23. The third kappa shape index (κ3) is 5.01. The fourth-order valence-electron chi connectivity index (χ4n) is 1.13. The van der Waals surface area contributed by atoms with Crippen molar-refractivity contribution in [3.05, 3.63) is 42.0 Å². The molecule has 2 heteroatoms. The number of hydrogen-bond donors (Lipinski definition) is 0. The number of hydrogen-bond acceptors (Lipinski definition) is 2. The number of rotatable bonds is 5. The summed E-state index contributed by atoms with van der Waals surface area (Å²) in [5.74, 6) is -0.163. The van der Waals surface area contributed by atoms with Crippen molar-refractivity contribution in [1.29, 1.82) is 0 Å². The van der Waals surface area contributed by atoms with Gasteiger partial charge in [0, 0.05) is 0 Å². The van der Waals surface area contributed by atoms with Gasteiger partial charge in [0.2, 0.25) is 0 Å². The van der Waals surface area contributed by atoms with Gasteiger partial charge in [-0.15, -0.1) is 0 Å². The monoisotopic (exact) mass is 204 g/mol. The van der Waals surface area contributed by atoms with Gasteiger partial charge in [-0.3, -0.25) is 4.79 Å². The van der Waals surface area contributed by atoms with E-state index in [9.17, 15) is 4.79 Å². The summed E-state index contributed by atoms with van der Waals surface area (Å²) >= 11 is 0. The molecule has 0 aromatic heterocycles. The first-order chi connectivity index (χ1) is 7.33. The van der Waals surface area contributed by atoms with Crippen LogP contribution in [0.5, 0.6) is 0 Å². The van der Waals surface area contributed by atoms with Gasteiger partial charge < -0.3 is 4.74 Å². The van der Waals surface area contributed by atoms with Crippen LogP contribution in [0.2, 0.25) is 0 Å². The normalized spacial score (nSPS) is 10.5. The minimum absolute atomic E-state index is 0.163. The van der Waals surface area contributed by atoms with Crippen molar-refractivity contribution in [3.8, 4) is 0 Å². The average molecular weight is 204 g/mol. The molecule has 2 nitrogen and oxygen atoms in total. The maximum absolute atomic E-state index is 11.1. The number of carbonyl (C=O) groups excluding carboxylic acids is 1. The molecule has 0 saturated heterocycles. The molecule has 0 aliphatic carbocycles. The average Bonchev–Trinajstić information content (AvgIpc) is 2.28. The van der Waals surface area contributed by atoms with E-state index in [1.54, 1.807) is 0 Å². The molecule has 0 amide bonds. The van der Waals surface area contributed by atoms with Crippen molar-refractivity contribution in [2.24, 2.45) is 0 Å². The molecule has 0 aliphatic rings. The van der Waals surface area contributed by atoms with Gasteiger partial charge in [0.15, 0.2) is 0 Å². The van der Waals surface area contributed by atoms with Crippen LogP contribution in [0.1, 0.15) is 25.3 Å². The fourth-order valence-corrected chi connectivity index (χ4v) is 1.13. The highest BCUT2D eigenvalue weighted by molar-refractivity contribution is 5.72. The second kappa shape index (κ2) is 6.82. The van der Waals surface area contributed by atoms with Gasteiger partial charge >= 0.3 is 5.97 Å². The molecule has 15 heavy (non-hydrogen) atoms. The van der Waals surface area contributed by atoms with E-state index in [-0.39, 0.29) is 5.97 Å². The second-order valence-corrected chi connectivity index (χ2v) is 3.24. The van der Waals surface area contributed by atoms with E-state index in [0.717, 1.165) is 12.0 Å². The maximum atomic E-state index is 11.1. The molecule has 0 atom stereocenters. The summed E-state index contributed by atoms with van der Waals surface area (Å²) in [6.45, 7) is 2.49. The molecule has 80 valence electrons. The number of benzene rings is 1. The maximum Gasteiger partial charge on any atom is 0.309 e. The molecule has 0 heterocycles. The van der Waals surface area contributed by atoms with E-state index >= 15 is 0 Å². The van der Waals surface area contributed by atoms with Crippen molar-refractivity contribution in [2.45, 2.75) is 19.8 Å². The molecule has 0 fully saturated rings. The van der Waals surface area contributed by atoms with E-state index in [1.807, 2.05) is 49.4 Å². The van der Waals surface area contributed by atoms with Crippen LogP contribution < -0.4 is 0 Å². The molecule has 1 aromatic rings. The Morgan fingerprint density at radius 3 is 2.73 bits per heavy atom. The highest BCUT2D eigenvalue weighted by atomic mass is 16.5. The summed E-state index contributed by atoms with van der Waals surface area (Å²) in [5, 5.41) is 0. The van der Waals surface area contributed by atoms with Crippen LogP contribution in [0, 0.1) is 0 Å². The first-order valence-electron chi connectivity index (χ1n) is 5.20. The SMILES string of the molecule is CCCOC(=O)C/C=C/c1ccccc1. The van der Waals surface area contributed by atoms with Crippen LogP contribution in [-0.4, -0.2) is 12.6 Å². The van der Waals surface area contributed by atoms with Crippen molar-refractivity contribution in [2.75, 3.05) is 6.61 Å². The van der Waals surface area contributed by atoms with Gasteiger partial charge in [-0.2, -0.15) is 0 Å². The summed E-state index contributed by atoms with van der Waals surface area (Å²) in [5.41, 5.74) is 1.10. The van der Waals surface area contributed by atoms with E-state index in [0.29, 0.717) is 13.0 Å². The molecule has 1 rings (SSSR count). The van der Waals surface area contributed by atoms with Crippen LogP contribution in [0.4, 0.5) is 0 Å². The summed E-state index contributed by atoms with van der Waals surface area (Å²) < 4.78 is 4.94. The van der Waals surface area contributed by atoms with Gasteiger partial charge in [0.1, 0.15) is 0 Å². The molecule has 0 unspecified atom stereocenters. The van der Waals surface area contributed by atoms with Crippen LogP contribution in [0.15, 0.2) is 36.4 Å². The van der Waals surface area contributed by atoms with E-state index in [4.69, 9.17) is 4.74 Å². The van der Waals surface area contributed by atoms with Crippen LogP contribution in [-0.2, 0) is 9.53 Å². The van der Waals surface area contributed by atoms with Gasteiger partial charge in [-0.05, 0) is 12.0 Å². The Bertz CT molecular complexity index is 315. The number of ether oxygens (including phenoxy) is 1. The topological polar surface area (TPSA) is 26.3 Å². The van der Waals surface area contributed by atoms with Gasteiger partial charge in [-0.1, -0.05) is 49.4 Å². The summed E-state index contributed by atoms with van der Waals surface area (Å²) in [4.78, 5) is 11.1. The molecule has 0 aliphatic heterocycles. The molecule has 0 spiro atoms. The predicted octanol–water partition coefficient (Wildman–Crippen LogP) is 3.04. The minimum atomic E-state index is -0.163. The summed E-state index contributed by atoms with van der Waals surface area (Å²) in [6.07, 6.45) is 4.96. The number of carbonyl (C=O) groups is 1. The smallest absolute Gasteiger partial charge is 0.309 e. The molecule has 0 N–H and O–H groups in total. The van der Waals surface area contributed by atoms with Gasteiger partial charge in [0.25, 0.3) is 0 Å². The molecule has 0 bridgehead atoms. The van der Waals surface area contributed by atoms with E-state index < -0.39 is 0 Å². The Morgan fingerprint density at radius 1 is 1.33 bits per heavy atom. The zero-order valence-corrected chi connectivity index (χ0v) is 8.98. The lowest BCUT2D eigenvalue weighted by Crippen LogP contribution is -2.03. The Hall–Kier alpha value is -1.57. The minimum Gasteiger partial charge on any atom is -0.465 e. The van der Waals surface area contributed by atoms with Crippen LogP contribution >= 0.6 is 0 Å². The Morgan fingerprint density at radius 2 is 2.07 bits per heavy atom. The first kappa shape index (κ1) is 11.5. The molecule has 0 saturated carbocycles. The van der Waals surface area contributed by atoms with Gasteiger partial charge in [0.05, 0.1) is 13.0 Å². The van der Waals surface area contributed by atoms with Crippen molar-refractivity contribution < 1.29 is 9.53 Å². The quantitative estimate of drug-likeness (QED) is 0.689. The molecular weight excluding hydrogens is 188 g/mol. The molecular formula is C13H16O2. The van der Waals surface area contributed by atoms with Crippen molar-refractivity contribution in [1.82, 2.24) is 0 Å². The Labute approximate surface area is 90.6 Å². The Balaban J connectivity index is 2.31. The zero-order chi connectivity index (χ0) is 10.9. The van der Waals surface area contributed by atoms with Crippen molar-refractivity contribution in [3.63, 3.8) is 0 Å². The van der Waals surface area contributed by atoms with Gasteiger partial charge in [-0.25, -0.2) is 0 Å². The molecule has 0 radical (unpaired) electrons. The number of esters is 1. The second-order valence-electron chi connectivity index (χ2n) is 3.24. The summed E-state index contributed by atoms with van der Waals surface area (Å²) in [6, 6.07) is 9.89. The van der Waals surface area contributed by atoms with E-state index in [1.165, 1.54) is 0 Å². The van der Waals surface area contributed by atoms with Crippen molar-refractivity contribution >= 4 is 12.0 Å².